The van der Waals surface area contributed by atoms with Crippen molar-refractivity contribution in [3.63, 3.8) is 0 Å². The average molecular weight is 379 g/mol. The minimum Gasteiger partial charge on any atom is -0.508 e. The fourth-order valence-corrected chi connectivity index (χ4v) is 3.97. The van der Waals surface area contributed by atoms with Gasteiger partial charge in [0.25, 0.3) is 5.91 Å². The molecule has 0 fully saturated rings. The maximum Gasteiger partial charge on any atom is 0.258 e. The third-order valence-electron chi connectivity index (χ3n) is 4.50. The third kappa shape index (κ3) is 3.44. The first kappa shape index (κ1) is 17.3. The first-order valence-corrected chi connectivity index (χ1v) is 9.22. The Morgan fingerprint density at radius 1 is 0.852 bits per heavy atom. The van der Waals surface area contributed by atoms with Gasteiger partial charge in [0.15, 0.2) is 0 Å². The molecule has 3 aromatic carbocycles. The summed E-state index contributed by atoms with van der Waals surface area (Å²) >= 11 is 1.25. The highest BCUT2D eigenvalue weighted by molar-refractivity contribution is 7.99. The van der Waals surface area contributed by atoms with E-state index in [0.29, 0.717) is 18.0 Å². The Bertz CT molecular complexity index is 992. The molecular weight excluding hydrogens is 362 g/mol. The standard InChI is InChI=1S/C21H17NO4S/c23-15-5-7-16(8-6-15)27-20-9-17(18(24)10-19(20)25)21(26)22-11-13-3-1-2-4-14(13)12-22/h1-10,23-25H,11-12H2. The van der Waals surface area contributed by atoms with Crippen molar-refractivity contribution >= 4 is 17.7 Å². The maximum atomic E-state index is 12.9. The molecule has 0 aromatic heterocycles. The Labute approximate surface area is 160 Å². The first-order chi connectivity index (χ1) is 13.0. The van der Waals surface area contributed by atoms with Crippen molar-refractivity contribution in [2.45, 2.75) is 22.9 Å². The SMILES string of the molecule is O=C(c1cc(Sc2ccc(O)cc2)c(O)cc1O)N1Cc2ccccc2C1. The summed E-state index contributed by atoms with van der Waals surface area (Å²) in [6.45, 7) is 0.992. The number of nitrogens with zero attached hydrogens (tertiary/aromatic N) is 1. The van der Waals surface area contributed by atoms with Crippen LogP contribution in [0.2, 0.25) is 0 Å². The van der Waals surface area contributed by atoms with E-state index in [1.165, 1.54) is 23.9 Å². The number of hydrogen-bond donors (Lipinski definition) is 3. The summed E-state index contributed by atoms with van der Waals surface area (Å²) in [5.41, 5.74) is 2.35. The Balaban J connectivity index is 1.61. The molecule has 0 saturated carbocycles. The molecule has 0 aliphatic carbocycles. The van der Waals surface area contributed by atoms with Crippen molar-refractivity contribution in [1.29, 1.82) is 0 Å². The van der Waals surface area contributed by atoms with Gasteiger partial charge < -0.3 is 20.2 Å². The van der Waals surface area contributed by atoms with Gasteiger partial charge in [-0.05, 0) is 41.5 Å². The monoisotopic (exact) mass is 379 g/mol. The number of hydrogen-bond acceptors (Lipinski definition) is 5. The Hall–Kier alpha value is -3.12. The van der Waals surface area contributed by atoms with Gasteiger partial charge in [-0.1, -0.05) is 36.0 Å². The molecule has 1 aliphatic heterocycles. The van der Waals surface area contributed by atoms with Crippen LogP contribution in [0.25, 0.3) is 0 Å². The number of aromatic hydroxyl groups is 3. The maximum absolute atomic E-state index is 12.9. The topological polar surface area (TPSA) is 81.0 Å². The van der Waals surface area contributed by atoms with E-state index < -0.39 is 0 Å². The van der Waals surface area contributed by atoms with Gasteiger partial charge in [-0.3, -0.25) is 4.79 Å². The Kier molecular flexibility index (Phi) is 4.41. The van der Waals surface area contributed by atoms with Crippen molar-refractivity contribution in [3.05, 3.63) is 77.4 Å². The summed E-state index contributed by atoms with van der Waals surface area (Å²) in [4.78, 5) is 15.9. The number of amides is 1. The highest BCUT2D eigenvalue weighted by atomic mass is 32.2. The molecule has 1 aliphatic rings. The molecule has 0 spiro atoms. The third-order valence-corrected chi connectivity index (χ3v) is 5.55. The number of phenolic OH excluding ortho intramolecular Hbond substituents is 3. The van der Waals surface area contributed by atoms with Crippen LogP contribution in [0.5, 0.6) is 17.2 Å². The quantitative estimate of drug-likeness (QED) is 0.638. The largest absolute Gasteiger partial charge is 0.508 e. The summed E-state index contributed by atoms with van der Waals surface area (Å²) in [6.07, 6.45) is 0. The highest BCUT2D eigenvalue weighted by Crippen LogP contribution is 2.39. The zero-order chi connectivity index (χ0) is 19.0. The summed E-state index contributed by atoms with van der Waals surface area (Å²) in [5, 5.41) is 29.8. The molecule has 6 heteroatoms. The van der Waals surface area contributed by atoms with Crippen molar-refractivity contribution < 1.29 is 20.1 Å². The van der Waals surface area contributed by atoms with Crippen LogP contribution in [-0.2, 0) is 13.1 Å². The fraction of sp³-hybridized carbons (Fsp3) is 0.0952. The molecule has 5 nitrogen and oxygen atoms in total. The number of carbonyl (C=O) groups excluding carboxylic acids is 1. The van der Waals surface area contributed by atoms with Gasteiger partial charge in [0.1, 0.15) is 17.2 Å². The molecule has 0 unspecified atom stereocenters. The van der Waals surface area contributed by atoms with Crippen LogP contribution in [-0.4, -0.2) is 26.1 Å². The van der Waals surface area contributed by atoms with Crippen LogP contribution in [0.15, 0.2) is 70.5 Å². The molecular formula is C21H17NO4S. The summed E-state index contributed by atoms with van der Waals surface area (Å²) in [6, 6.07) is 17.1. The highest BCUT2D eigenvalue weighted by Gasteiger charge is 2.26. The first-order valence-electron chi connectivity index (χ1n) is 8.40. The molecule has 3 N–H and O–H groups in total. The van der Waals surface area contributed by atoms with E-state index in [-0.39, 0.29) is 28.7 Å². The molecule has 0 bridgehead atoms. The van der Waals surface area contributed by atoms with Gasteiger partial charge >= 0.3 is 0 Å². The van der Waals surface area contributed by atoms with E-state index in [2.05, 4.69) is 0 Å². The fourth-order valence-electron chi connectivity index (χ4n) is 3.10. The smallest absolute Gasteiger partial charge is 0.258 e. The lowest BCUT2D eigenvalue weighted by atomic mass is 10.1. The van der Waals surface area contributed by atoms with Gasteiger partial charge in [-0.15, -0.1) is 0 Å². The van der Waals surface area contributed by atoms with Crippen molar-refractivity contribution in [2.75, 3.05) is 0 Å². The number of phenols is 3. The molecule has 4 rings (SSSR count). The number of benzene rings is 3. The van der Waals surface area contributed by atoms with Gasteiger partial charge in [-0.25, -0.2) is 0 Å². The second-order valence-electron chi connectivity index (χ2n) is 6.36. The van der Waals surface area contributed by atoms with Crippen molar-refractivity contribution in [3.8, 4) is 17.2 Å². The van der Waals surface area contributed by atoms with Crippen LogP contribution in [0.4, 0.5) is 0 Å². The van der Waals surface area contributed by atoms with E-state index in [1.807, 2.05) is 24.3 Å². The lowest BCUT2D eigenvalue weighted by Gasteiger charge is -2.17. The van der Waals surface area contributed by atoms with Crippen molar-refractivity contribution in [2.24, 2.45) is 0 Å². The second kappa shape index (κ2) is 6.89. The van der Waals surface area contributed by atoms with Gasteiger partial charge in [0.2, 0.25) is 0 Å². The van der Waals surface area contributed by atoms with Crippen LogP contribution in [0.1, 0.15) is 21.5 Å². The Morgan fingerprint density at radius 3 is 2.11 bits per heavy atom. The summed E-state index contributed by atoms with van der Waals surface area (Å²) in [7, 11) is 0. The second-order valence-corrected chi connectivity index (χ2v) is 7.48. The zero-order valence-electron chi connectivity index (χ0n) is 14.3. The predicted molar refractivity (Wildman–Crippen MR) is 102 cm³/mol. The van der Waals surface area contributed by atoms with Gasteiger partial charge in [-0.2, -0.15) is 0 Å². The van der Waals surface area contributed by atoms with Crippen LogP contribution < -0.4 is 0 Å². The van der Waals surface area contributed by atoms with E-state index in [1.54, 1.807) is 29.2 Å². The van der Waals surface area contributed by atoms with Gasteiger partial charge in [0, 0.05) is 24.1 Å². The molecule has 1 amide bonds. The molecule has 27 heavy (non-hydrogen) atoms. The number of fused-ring (bicyclic) bond motifs is 1. The average Bonchev–Trinajstić information content (AvgIpc) is 3.09. The minimum absolute atomic E-state index is 0.105. The van der Waals surface area contributed by atoms with Crippen molar-refractivity contribution in [1.82, 2.24) is 4.90 Å². The summed E-state index contributed by atoms with van der Waals surface area (Å²) in [5.74, 6) is -0.481. The van der Waals surface area contributed by atoms with E-state index in [9.17, 15) is 20.1 Å². The minimum atomic E-state index is -0.281. The lowest BCUT2D eigenvalue weighted by molar-refractivity contribution is 0.0748. The van der Waals surface area contributed by atoms with Gasteiger partial charge in [0.05, 0.1) is 10.5 Å². The molecule has 1 heterocycles. The molecule has 136 valence electrons. The molecule has 0 radical (unpaired) electrons. The van der Waals surface area contributed by atoms with E-state index in [0.717, 1.165) is 16.0 Å². The Morgan fingerprint density at radius 2 is 1.48 bits per heavy atom. The van der Waals surface area contributed by atoms with E-state index >= 15 is 0 Å². The molecule has 0 saturated heterocycles. The number of rotatable bonds is 3. The normalized spacial score (nSPS) is 12.8. The van der Waals surface area contributed by atoms with Crippen LogP contribution in [0, 0.1) is 0 Å². The summed E-state index contributed by atoms with van der Waals surface area (Å²) < 4.78 is 0. The van der Waals surface area contributed by atoms with Crippen LogP contribution >= 0.6 is 11.8 Å². The molecule has 3 aromatic rings. The zero-order valence-corrected chi connectivity index (χ0v) is 15.1. The van der Waals surface area contributed by atoms with E-state index in [4.69, 9.17) is 0 Å². The predicted octanol–water partition coefficient (Wildman–Crippen LogP) is 4.11. The number of carbonyl (C=O) groups is 1. The lowest BCUT2D eigenvalue weighted by Crippen LogP contribution is -2.25. The molecule has 0 atom stereocenters. The van der Waals surface area contributed by atoms with Crippen LogP contribution in [0.3, 0.4) is 0 Å².